The smallest absolute Gasteiger partial charge is 0.251 e. The fraction of sp³-hybridized carbons (Fsp3) is 0.615. The third-order valence-electron chi connectivity index (χ3n) is 3.39. The molecule has 0 spiro atoms. The van der Waals surface area contributed by atoms with Gasteiger partial charge in [0.05, 0.1) is 4.34 Å². The summed E-state index contributed by atoms with van der Waals surface area (Å²) in [5, 5.41) is 0. The molecule has 0 aromatic carbocycles. The van der Waals surface area contributed by atoms with Gasteiger partial charge in [-0.05, 0) is 19.1 Å². The lowest BCUT2D eigenvalue weighted by atomic mass is 10.2. The van der Waals surface area contributed by atoms with Crippen LogP contribution in [0.3, 0.4) is 0 Å². The van der Waals surface area contributed by atoms with E-state index in [9.17, 15) is 4.79 Å². The second-order valence-electron chi connectivity index (χ2n) is 4.69. The molecule has 2 rings (SSSR count). The van der Waals surface area contributed by atoms with E-state index in [-0.39, 0.29) is 12.0 Å². The lowest BCUT2D eigenvalue weighted by Crippen LogP contribution is -2.50. The van der Waals surface area contributed by atoms with Crippen molar-refractivity contribution >= 4 is 28.8 Å². The normalized spacial score (nSPS) is 18.6. The van der Waals surface area contributed by atoms with E-state index in [0.29, 0.717) is 0 Å². The maximum atomic E-state index is 12.0. The molecule has 1 aromatic heterocycles. The average Bonchev–Trinajstić information content (AvgIpc) is 2.83. The number of nitrogens with zero attached hydrogens (tertiary/aromatic N) is 2. The number of amides is 1. The van der Waals surface area contributed by atoms with Crippen LogP contribution < -0.4 is 0 Å². The zero-order chi connectivity index (χ0) is 13.8. The van der Waals surface area contributed by atoms with Crippen LogP contribution in [-0.4, -0.2) is 55.1 Å². The van der Waals surface area contributed by atoms with Gasteiger partial charge in [0.1, 0.15) is 6.10 Å². The standard InChI is InChI=1S/C13H19ClN2O2S/c1-10(18-2)13(17)16-7-5-15(6-8-16)9-11-3-4-12(14)19-11/h3-4,10H,5-9H2,1-2H3. The molecule has 1 aliphatic rings. The second kappa shape index (κ2) is 6.70. The molecule has 1 saturated heterocycles. The minimum atomic E-state index is -0.345. The average molecular weight is 303 g/mol. The van der Waals surface area contributed by atoms with Crippen molar-refractivity contribution in [2.75, 3.05) is 33.3 Å². The highest BCUT2D eigenvalue weighted by molar-refractivity contribution is 7.16. The predicted octanol–water partition coefficient (Wildman–Crippen LogP) is 2.08. The quantitative estimate of drug-likeness (QED) is 0.854. The molecule has 0 bridgehead atoms. The van der Waals surface area contributed by atoms with Gasteiger partial charge < -0.3 is 9.64 Å². The summed E-state index contributed by atoms with van der Waals surface area (Å²) in [5.41, 5.74) is 0. The highest BCUT2D eigenvalue weighted by atomic mass is 35.5. The Labute approximate surface area is 122 Å². The summed E-state index contributed by atoms with van der Waals surface area (Å²) in [6.45, 7) is 6.05. The first kappa shape index (κ1) is 14.8. The molecular weight excluding hydrogens is 284 g/mol. The van der Waals surface area contributed by atoms with Crippen LogP contribution in [0.25, 0.3) is 0 Å². The molecule has 1 amide bonds. The number of thiophene rings is 1. The van der Waals surface area contributed by atoms with Gasteiger partial charge in [-0.15, -0.1) is 11.3 Å². The van der Waals surface area contributed by atoms with Gasteiger partial charge in [0.25, 0.3) is 5.91 Å². The summed E-state index contributed by atoms with van der Waals surface area (Å²) in [4.78, 5) is 17.5. The van der Waals surface area contributed by atoms with Gasteiger partial charge in [-0.25, -0.2) is 0 Å². The molecule has 4 nitrogen and oxygen atoms in total. The van der Waals surface area contributed by atoms with Crippen LogP contribution in [0.15, 0.2) is 12.1 Å². The van der Waals surface area contributed by atoms with Crippen molar-refractivity contribution < 1.29 is 9.53 Å². The van der Waals surface area contributed by atoms with Crippen LogP contribution in [0, 0.1) is 0 Å². The molecule has 106 valence electrons. The molecular formula is C13H19ClN2O2S. The van der Waals surface area contributed by atoms with E-state index in [1.54, 1.807) is 25.4 Å². The topological polar surface area (TPSA) is 32.8 Å². The molecule has 2 heterocycles. The second-order valence-corrected chi connectivity index (χ2v) is 6.48. The van der Waals surface area contributed by atoms with Gasteiger partial charge in [-0.2, -0.15) is 0 Å². The zero-order valence-electron chi connectivity index (χ0n) is 11.3. The number of piperazine rings is 1. The molecule has 0 radical (unpaired) electrons. The first-order valence-electron chi connectivity index (χ1n) is 6.38. The first-order chi connectivity index (χ1) is 9.10. The summed E-state index contributed by atoms with van der Waals surface area (Å²) in [6, 6.07) is 4.00. The molecule has 0 saturated carbocycles. The lowest BCUT2D eigenvalue weighted by Gasteiger charge is -2.35. The molecule has 6 heteroatoms. The highest BCUT2D eigenvalue weighted by Gasteiger charge is 2.24. The van der Waals surface area contributed by atoms with Gasteiger partial charge >= 0.3 is 0 Å². The van der Waals surface area contributed by atoms with Crippen LogP contribution in [0.4, 0.5) is 0 Å². The number of carbonyl (C=O) groups is 1. The third kappa shape index (κ3) is 3.92. The van der Waals surface area contributed by atoms with Crippen molar-refractivity contribution in [3.63, 3.8) is 0 Å². The van der Waals surface area contributed by atoms with E-state index >= 15 is 0 Å². The molecule has 1 aromatic rings. The number of hydrogen-bond donors (Lipinski definition) is 0. The van der Waals surface area contributed by atoms with Gasteiger partial charge in [0.15, 0.2) is 0 Å². The van der Waals surface area contributed by atoms with Gasteiger partial charge in [0, 0.05) is 44.7 Å². The van der Waals surface area contributed by atoms with E-state index in [1.807, 2.05) is 11.0 Å². The number of rotatable bonds is 4. The lowest BCUT2D eigenvalue weighted by molar-refractivity contribution is -0.142. The maximum Gasteiger partial charge on any atom is 0.251 e. The Balaban J connectivity index is 1.81. The molecule has 0 aliphatic carbocycles. The molecule has 1 aliphatic heterocycles. The molecule has 19 heavy (non-hydrogen) atoms. The first-order valence-corrected chi connectivity index (χ1v) is 7.57. The van der Waals surface area contributed by atoms with E-state index in [2.05, 4.69) is 11.0 Å². The third-order valence-corrected chi connectivity index (χ3v) is 4.61. The van der Waals surface area contributed by atoms with E-state index < -0.39 is 0 Å². The predicted molar refractivity (Wildman–Crippen MR) is 77.7 cm³/mol. The van der Waals surface area contributed by atoms with Gasteiger partial charge in [-0.3, -0.25) is 9.69 Å². The number of carbonyl (C=O) groups excluding carboxylic acids is 1. The summed E-state index contributed by atoms with van der Waals surface area (Å²) in [5.74, 6) is 0.0846. The summed E-state index contributed by atoms with van der Waals surface area (Å²) in [7, 11) is 1.57. The maximum absolute atomic E-state index is 12.0. The number of hydrogen-bond acceptors (Lipinski definition) is 4. The number of methoxy groups -OCH3 is 1. The van der Waals surface area contributed by atoms with Crippen molar-refractivity contribution in [2.45, 2.75) is 19.6 Å². The highest BCUT2D eigenvalue weighted by Crippen LogP contribution is 2.23. The Morgan fingerprint density at radius 3 is 2.63 bits per heavy atom. The fourth-order valence-electron chi connectivity index (χ4n) is 2.14. The van der Waals surface area contributed by atoms with Gasteiger partial charge in [0.2, 0.25) is 0 Å². The van der Waals surface area contributed by atoms with Crippen molar-refractivity contribution in [1.82, 2.24) is 9.80 Å². The summed E-state index contributed by atoms with van der Waals surface area (Å²) in [6.07, 6.45) is -0.345. The molecule has 1 atom stereocenters. The van der Waals surface area contributed by atoms with Crippen LogP contribution in [-0.2, 0) is 16.1 Å². The van der Waals surface area contributed by atoms with Crippen LogP contribution in [0.1, 0.15) is 11.8 Å². The number of ether oxygens (including phenoxy) is 1. The molecule has 1 unspecified atom stereocenters. The zero-order valence-corrected chi connectivity index (χ0v) is 12.8. The van der Waals surface area contributed by atoms with Crippen molar-refractivity contribution in [1.29, 1.82) is 0 Å². The monoisotopic (exact) mass is 302 g/mol. The number of halogens is 1. The van der Waals surface area contributed by atoms with Crippen LogP contribution >= 0.6 is 22.9 Å². The molecule has 0 N–H and O–H groups in total. The minimum Gasteiger partial charge on any atom is -0.372 e. The SMILES string of the molecule is COC(C)C(=O)N1CCN(Cc2ccc(Cl)s2)CC1. The minimum absolute atomic E-state index is 0.0846. The van der Waals surface area contributed by atoms with Crippen molar-refractivity contribution in [3.8, 4) is 0 Å². The van der Waals surface area contributed by atoms with Gasteiger partial charge in [-0.1, -0.05) is 11.6 Å². The Kier molecular flexibility index (Phi) is 5.21. The Bertz CT molecular complexity index is 430. The van der Waals surface area contributed by atoms with Crippen LogP contribution in [0.2, 0.25) is 4.34 Å². The summed E-state index contributed by atoms with van der Waals surface area (Å²) >= 11 is 7.55. The fourth-order valence-corrected chi connectivity index (χ4v) is 3.27. The van der Waals surface area contributed by atoms with E-state index in [1.165, 1.54) is 4.88 Å². The Morgan fingerprint density at radius 2 is 2.11 bits per heavy atom. The molecule has 1 fully saturated rings. The van der Waals surface area contributed by atoms with Crippen molar-refractivity contribution in [3.05, 3.63) is 21.3 Å². The van der Waals surface area contributed by atoms with E-state index in [0.717, 1.165) is 37.1 Å². The van der Waals surface area contributed by atoms with Crippen molar-refractivity contribution in [2.24, 2.45) is 0 Å². The Morgan fingerprint density at radius 1 is 1.42 bits per heavy atom. The summed E-state index contributed by atoms with van der Waals surface area (Å²) < 4.78 is 5.90. The Hall–Kier alpha value is -0.620. The van der Waals surface area contributed by atoms with Crippen LogP contribution in [0.5, 0.6) is 0 Å². The van der Waals surface area contributed by atoms with E-state index in [4.69, 9.17) is 16.3 Å². The largest absolute Gasteiger partial charge is 0.372 e.